The number of anilines is 3. The van der Waals surface area contributed by atoms with Crippen molar-refractivity contribution in [2.45, 2.75) is 36.7 Å². The van der Waals surface area contributed by atoms with Gasteiger partial charge in [0.25, 0.3) is 5.91 Å². The van der Waals surface area contributed by atoms with E-state index >= 15 is 0 Å². The number of H-pyrrole nitrogens is 1. The maximum Gasteiger partial charge on any atom is 0.258 e. The molecule has 0 spiro atoms. The summed E-state index contributed by atoms with van der Waals surface area (Å²) in [4.78, 5) is 18.4. The van der Waals surface area contributed by atoms with E-state index in [1.54, 1.807) is 0 Å². The van der Waals surface area contributed by atoms with Crippen molar-refractivity contribution in [2.75, 3.05) is 68.5 Å². The molecule has 3 aromatic rings. The number of fused-ring (bicyclic) bond motifs is 1. The third-order valence-corrected chi connectivity index (χ3v) is 10.6. The normalized spacial score (nSPS) is 18.8. The van der Waals surface area contributed by atoms with E-state index in [0.717, 1.165) is 56.1 Å². The van der Waals surface area contributed by atoms with E-state index in [-0.39, 0.29) is 40.0 Å². The molecule has 14 heteroatoms. The minimum absolute atomic E-state index is 0.0202. The summed E-state index contributed by atoms with van der Waals surface area (Å²) in [7, 11) is -1.76. The van der Waals surface area contributed by atoms with Gasteiger partial charge in [-0.1, -0.05) is 23.2 Å². The van der Waals surface area contributed by atoms with Crippen LogP contribution in [0.25, 0.3) is 0 Å². The average Bonchev–Trinajstić information content (AvgIpc) is 3.39. The van der Waals surface area contributed by atoms with Gasteiger partial charge in [0.15, 0.2) is 5.82 Å². The van der Waals surface area contributed by atoms with Crippen molar-refractivity contribution < 1.29 is 17.9 Å². The zero-order valence-corrected chi connectivity index (χ0v) is 26.2. The SMILES string of the molecule is CN1CCN(c2ccc(C(=O)Nc3n[nH]c4c3CN(S(=O)(=O)c3cc(Cl)cc(Cl)c3)CC4)c(NC3CCOCC3)c2)CC1. The number of ether oxygens (including phenoxy) is 1. The lowest BCUT2D eigenvalue weighted by Crippen LogP contribution is -2.44. The third kappa shape index (κ3) is 6.64. The van der Waals surface area contributed by atoms with Crippen LogP contribution in [0.5, 0.6) is 0 Å². The third-order valence-electron chi connectivity index (χ3n) is 8.30. The lowest BCUT2D eigenvalue weighted by atomic mass is 10.1. The summed E-state index contributed by atoms with van der Waals surface area (Å²) in [6.45, 7) is 5.44. The molecule has 0 unspecified atom stereocenters. The molecule has 6 rings (SSSR count). The molecule has 0 saturated carbocycles. The second-order valence-electron chi connectivity index (χ2n) is 11.2. The number of likely N-dealkylation sites (N-methyl/N-ethyl adjacent to an activating group) is 1. The maximum atomic E-state index is 13.8. The van der Waals surface area contributed by atoms with Gasteiger partial charge in [-0.25, -0.2) is 8.42 Å². The quantitative estimate of drug-likeness (QED) is 0.351. The van der Waals surface area contributed by atoms with Crippen LogP contribution in [-0.2, 0) is 27.7 Å². The number of rotatable bonds is 7. The number of halogens is 2. The molecule has 0 radical (unpaired) electrons. The van der Waals surface area contributed by atoms with Crippen molar-refractivity contribution in [3.8, 4) is 0 Å². The van der Waals surface area contributed by atoms with E-state index in [0.29, 0.717) is 36.6 Å². The topological polar surface area (TPSA) is 123 Å². The van der Waals surface area contributed by atoms with E-state index < -0.39 is 10.0 Å². The number of carbonyl (C=O) groups is 1. The van der Waals surface area contributed by atoms with Crippen molar-refractivity contribution in [3.63, 3.8) is 0 Å². The van der Waals surface area contributed by atoms with E-state index in [4.69, 9.17) is 27.9 Å². The average molecular weight is 649 g/mol. The number of carbonyl (C=O) groups excluding carboxylic acids is 1. The summed E-state index contributed by atoms with van der Waals surface area (Å²) in [5.74, 6) is -0.0143. The summed E-state index contributed by atoms with van der Waals surface area (Å²) < 4.78 is 33.8. The number of nitrogens with one attached hydrogen (secondary N) is 3. The zero-order chi connectivity index (χ0) is 30.1. The van der Waals surface area contributed by atoms with Crippen molar-refractivity contribution in [2.24, 2.45) is 0 Å². The van der Waals surface area contributed by atoms with Crippen LogP contribution in [-0.4, -0.2) is 92.8 Å². The number of piperazine rings is 1. The number of nitrogens with zero attached hydrogens (tertiary/aromatic N) is 4. The monoisotopic (exact) mass is 647 g/mol. The van der Waals surface area contributed by atoms with Crippen molar-refractivity contribution in [3.05, 3.63) is 63.3 Å². The highest BCUT2D eigenvalue weighted by molar-refractivity contribution is 7.89. The number of benzene rings is 2. The highest BCUT2D eigenvalue weighted by Crippen LogP contribution is 2.32. The Hall–Kier alpha value is -2.87. The molecule has 11 nitrogen and oxygen atoms in total. The van der Waals surface area contributed by atoms with Gasteiger partial charge < -0.3 is 25.2 Å². The summed E-state index contributed by atoms with van der Waals surface area (Å²) in [5.41, 5.74) is 3.74. The molecular formula is C29H35Cl2N7O4S. The first-order chi connectivity index (χ1) is 20.7. The Morgan fingerprint density at radius 3 is 2.47 bits per heavy atom. The predicted octanol–water partition coefficient (Wildman–Crippen LogP) is 4.06. The van der Waals surface area contributed by atoms with E-state index in [9.17, 15) is 13.2 Å². The van der Waals surface area contributed by atoms with Crippen LogP contribution < -0.4 is 15.5 Å². The van der Waals surface area contributed by atoms with Crippen molar-refractivity contribution in [1.82, 2.24) is 19.4 Å². The van der Waals surface area contributed by atoms with Crippen LogP contribution in [0.4, 0.5) is 17.2 Å². The fourth-order valence-corrected chi connectivity index (χ4v) is 7.89. The molecule has 3 N–H and O–H groups in total. The van der Waals surface area contributed by atoms with Crippen molar-refractivity contribution in [1.29, 1.82) is 0 Å². The number of hydrogen-bond acceptors (Lipinski definition) is 8. The van der Waals surface area contributed by atoms with Crippen LogP contribution in [0.3, 0.4) is 0 Å². The fourth-order valence-electron chi connectivity index (χ4n) is 5.75. The lowest BCUT2D eigenvalue weighted by Gasteiger charge is -2.34. The first-order valence-electron chi connectivity index (χ1n) is 14.4. The molecule has 230 valence electrons. The summed E-state index contributed by atoms with van der Waals surface area (Å²) in [5, 5.41) is 14.4. The van der Waals surface area contributed by atoms with Crippen LogP contribution in [0.1, 0.15) is 34.5 Å². The first-order valence-corrected chi connectivity index (χ1v) is 16.6. The van der Waals surface area contributed by atoms with E-state index in [1.807, 2.05) is 12.1 Å². The highest BCUT2D eigenvalue weighted by Gasteiger charge is 2.32. The summed E-state index contributed by atoms with van der Waals surface area (Å²) >= 11 is 12.2. The number of hydrogen-bond donors (Lipinski definition) is 3. The minimum atomic E-state index is -3.88. The van der Waals surface area contributed by atoms with E-state index in [2.05, 4.69) is 43.7 Å². The fraction of sp³-hybridized carbons (Fsp3) is 0.448. The summed E-state index contributed by atoms with van der Waals surface area (Å²) in [6.07, 6.45) is 2.13. The Bertz CT molecular complexity index is 1580. The number of sulfonamides is 1. The smallest absolute Gasteiger partial charge is 0.258 e. The van der Waals surface area contributed by atoms with Gasteiger partial charge >= 0.3 is 0 Å². The molecule has 0 atom stereocenters. The Kier molecular flexibility index (Phi) is 8.86. The molecule has 3 aliphatic heterocycles. The van der Waals surface area contributed by atoms with Gasteiger partial charge in [0.05, 0.1) is 10.5 Å². The molecule has 43 heavy (non-hydrogen) atoms. The maximum absolute atomic E-state index is 13.8. The lowest BCUT2D eigenvalue weighted by molar-refractivity contribution is 0.0904. The molecule has 0 aliphatic carbocycles. The second-order valence-corrected chi connectivity index (χ2v) is 14.0. The molecule has 3 aliphatic rings. The molecule has 1 amide bonds. The zero-order valence-electron chi connectivity index (χ0n) is 23.9. The van der Waals surface area contributed by atoms with Gasteiger partial charge in [-0.05, 0) is 56.3 Å². The standard InChI is InChI=1S/C29H35Cl2N7O4S/c1-36-8-10-37(11-9-36)22-2-3-24(27(17-22)32-21-5-12-42-13-6-21)29(39)33-28-25-18-38(7-4-26(25)34-35-28)43(40,41)23-15-19(30)14-20(31)16-23/h2-3,14-17,21,32H,4-13,18H2,1H3,(H2,33,34,35,39). The van der Waals surface area contributed by atoms with Crippen LogP contribution in [0.15, 0.2) is 41.3 Å². The van der Waals surface area contributed by atoms with Gasteiger partial charge in [-0.2, -0.15) is 9.40 Å². The Morgan fingerprint density at radius 1 is 1.02 bits per heavy atom. The first kappa shape index (κ1) is 30.2. The van der Waals surface area contributed by atoms with Crippen LogP contribution in [0.2, 0.25) is 10.0 Å². The van der Waals surface area contributed by atoms with Crippen molar-refractivity contribution >= 4 is 56.3 Å². The van der Waals surface area contributed by atoms with Crippen LogP contribution in [0, 0.1) is 0 Å². The van der Waals surface area contributed by atoms with Gasteiger partial charge in [-0.3, -0.25) is 9.89 Å². The molecule has 2 aromatic carbocycles. The van der Waals surface area contributed by atoms with Gasteiger partial charge in [0.2, 0.25) is 10.0 Å². The van der Waals surface area contributed by atoms with E-state index in [1.165, 1.54) is 22.5 Å². The van der Waals surface area contributed by atoms with Crippen LogP contribution >= 0.6 is 23.2 Å². The van der Waals surface area contributed by atoms with Gasteiger partial charge in [-0.15, -0.1) is 0 Å². The molecule has 4 heterocycles. The Morgan fingerprint density at radius 2 is 1.74 bits per heavy atom. The highest BCUT2D eigenvalue weighted by atomic mass is 35.5. The van der Waals surface area contributed by atoms with Gasteiger partial charge in [0, 0.05) is 97.6 Å². The number of aromatic amines is 1. The molecule has 2 fully saturated rings. The molecule has 2 saturated heterocycles. The number of amides is 1. The van der Waals surface area contributed by atoms with Gasteiger partial charge in [0.1, 0.15) is 0 Å². The second kappa shape index (κ2) is 12.6. The minimum Gasteiger partial charge on any atom is -0.381 e. The Labute approximate surface area is 261 Å². The molecule has 0 bridgehead atoms. The predicted molar refractivity (Wildman–Crippen MR) is 168 cm³/mol. The molecular weight excluding hydrogens is 613 g/mol. The summed E-state index contributed by atoms with van der Waals surface area (Å²) in [6, 6.07) is 10.3. The molecule has 1 aromatic heterocycles. The Balaban J connectivity index is 1.24. The number of aromatic nitrogens is 2. The largest absolute Gasteiger partial charge is 0.381 e.